The molecule has 0 radical (unpaired) electrons. The zero-order chi connectivity index (χ0) is 21.1. The van der Waals surface area contributed by atoms with Gasteiger partial charge in [0.05, 0.1) is 11.3 Å². The fourth-order valence-electron chi connectivity index (χ4n) is 4.52. The van der Waals surface area contributed by atoms with Gasteiger partial charge in [-0.15, -0.1) is 0 Å². The van der Waals surface area contributed by atoms with Gasteiger partial charge < -0.3 is 4.74 Å². The second kappa shape index (κ2) is 8.58. The maximum Gasteiger partial charge on any atom is 0.243 e. The maximum atomic E-state index is 12.8. The predicted molar refractivity (Wildman–Crippen MR) is 114 cm³/mol. The standard InChI is InChI=1S/C22H33N3O3S/c1-5-25-16-20(18(2)24-25)29(26,27)23-13-11-22(12-14-28-21(3,4)17-22)15-19-9-7-6-8-10-19/h6-10,16,23H,5,11-15,17H2,1-4H3/t22-/m0/s1. The van der Waals surface area contributed by atoms with E-state index in [1.165, 1.54) is 5.56 Å². The van der Waals surface area contributed by atoms with Gasteiger partial charge in [0.15, 0.2) is 0 Å². The summed E-state index contributed by atoms with van der Waals surface area (Å²) in [5.74, 6) is 0. The Morgan fingerprint density at radius 2 is 1.97 bits per heavy atom. The van der Waals surface area contributed by atoms with Crippen molar-refractivity contribution < 1.29 is 13.2 Å². The van der Waals surface area contributed by atoms with Crippen molar-refractivity contribution >= 4 is 10.0 Å². The van der Waals surface area contributed by atoms with Crippen LogP contribution in [0.15, 0.2) is 41.4 Å². The summed E-state index contributed by atoms with van der Waals surface area (Å²) in [5, 5.41) is 4.26. The number of nitrogens with zero attached hydrogens (tertiary/aromatic N) is 2. The molecular weight excluding hydrogens is 386 g/mol. The average Bonchev–Trinajstić information content (AvgIpc) is 3.03. The van der Waals surface area contributed by atoms with Crippen LogP contribution in [-0.4, -0.2) is 37.0 Å². The Kier molecular flexibility index (Phi) is 6.51. The summed E-state index contributed by atoms with van der Waals surface area (Å²) in [6.07, 6.45) is 5.14. The lowest BCUT2D eigenvalue weighted by Crippen LogP contribution is -2.44. The number of nitrogens with one attached hydrogen (secondary N) is 1. The summed E-state index contributed by atoms with van der Waals surface area (Å²) in [4.78, 5) is 0.267. The van der Waals surface area contributed by atoms with Crippen LogP contribution in [0.3, 0.4) is 0 Å². The SMILES string of the molecule is CCn1cc(S(=O)(=O)NCC[C@@]2(Cc3ccccc3)CCOC(C)(C)C2)c(C)n1. The lowest BCUT2D eigenvalue weighted by molar-refractivity contribution is -0.106. The van der Waals surface area contributed by atoms with E-state index in [2.05, 4.69) is 47.9 Å². The molecule has 160 valence electrons. The molecule has 0 bridgehead atoms. The molecule has 1 saturated heterocycles. The summed E-state index contributed by atoms with van der Waals surface area (Å²) in [7, 11) is -3.57. The summed E-state index contributed by atoms with van der Waals surface area (Å²) < 4.78 is 36.1. The fraction of sp³-hybridized carbons (Fsp3) is 0.591. The van der Waals surface area contributed by atoms with E-state index in [-0.39, 0.29) is 15.9 Å². The van der Waals surface area contributed by atoms with Crippen molar-refractivity contribution in [2.45, 2.75) is 70.4 Å². The van der Waals surface area contributed by atoms with Crippen molar-refractivity contribution in [3.63, 3.8) is 0 Å². The number of sulfonamides is 1. The minimum Gasteiger partial charge on any atom is -0.376 e. The molecule has 1 atom stereocenters. The lowest BCUT2D eigenvalue weighted by Gasteiger charge is -2.45. The summed E-state index contributed by atoms with van der Waals surface area (Å²) in [6.45, 7) is 9.68. The molecule has 29 heavy (non-hydrogen) atoms. The molecule has 1 aliphatic heterocycles. The van der Waals surface area contributed by atoms with Gasteiger partial charge in [-0.05, 0) is 64.4 Å². The number of rotatable bonds is 8. The number of hydrogen-bond donors (Lipinski definition) is 1. The van der Waals surface area contributed by atoms with Crippen LogP contribution in [-0.2, 0) is 27.7 Å². The topological polar surface area (TPSA) is 73.2 Å². The average molecular weight is 420 g/mol. The van der Waals surface area contributed by atoms with Gasteiger partial charge in [-0.25, -0.2) is 13.1 Å². The quantitative estimate of drug-likeness (QED) is 0.708. The first kappa shape index (κ1) is 22.0. The van der Waals surface area contributed by atoms with Gasteiger partial charge in [0.25, 0.3) is 0 Å². The monoisotopic (exact) mass is 419 g/mol. The highest BCUT2D eigenvalue weighted by atomic mass is 32.2. The van der Waals surface area contributed by atoms with Crippen LogP contribution in [0, 0.1) is 12.3 Å². The Morgan fingerprint density at radius 3 is 2.59 bits per heavy atom. The minimum absolute atomic E-state index is 0.00820. The molecule has 6 nitrogen and oxygen atoms in total. The fourth-order valence-corrected chi connectivity index (χ4v) is 5.74. The van der Waals surface area contributed by atoms with Gasteiger partial charge in [0, 0.05) is 25.9 Å². The van der Waals surface area contributed by atoms with E-state index in [1.807, 2.05) is 13.0 Å². The highest BCUT2D eigenvalue weighted by Gasteiger charge is 2.40. The van der Waals surface area contributed by atoms with Crippen LogP contribution in [0.2, 0.25) is 0 Å². The zero-order valence-electron chi connectivity index (χ0n) is 17.9. The summed E-state index contributed by atoms with van der Waals surface area (Å²) >= 11 is 0. The van der Waals surface area contributed by atoms with E-state index in [9.17, 15) is 8.42 Å². The maximum absolute atomic E-state index is 12.8. The molecule has 1 aromatic carbocycles. The largest absolute Gasteiger partial charge is 0.376 e. The van der Waals surface area contributed by atoms with Crippen LogP contribution in [0.1, 0.15) is 51.3 Å². The third-order valence-corrected chi connectivity index (χ3v) is 7.37. The first-order valence-corrected chi connectivity index (χ1v) is 11.8. The zero-order valence-corrected chi connectivity index (χ0v) is 18.8. The van der Waals surface area contributed by atoms with Gasteiger partial charge in [-0.1, -0.05) is 30.3 Å². The highest BCUT2D eigenvalue weighted by Crippen LogP contribution is 2.43. The third kappa shape index (κ3) is 5.47. The van der Waals surface area contributed by atoms with E-state index in [0.717, 1.165) is 25.7 Å². The molecule has 0 spiro atoms. The lowest BCUT2D eigenvalue weighted by atomic mass is 9.68. The van der Waals surface area contributed by atoms with Gasteiger partial charge >= 0.3 is 0 Å². The van der Waals surface area contributed by atoms with E-state index in [0.29, 0.717) is 25.4 Å². The number of aromatic nitrogens is 2. The Bertz CT molecular complexity index is 922. The van der Waals surface area contributed by atoms with Crippen molar-refractivity contribution in [1.82, 2.24) is 14.5 Å². The Hall–Kier alpha value is -1.70. The van der Waals surface area contributed by atoms with Gasteiger partial charge in [-0.3, -0.25) is 4.68 Å². The van der Waals surface area contributed by atoms with Crippen LogP contribution >= 0.6 is 0 Å². The first-order valence-electron chi connectivity index (χ1n) is 10.4. The van der Waals surface area contributed by atoms with Crippen LogP contribution in [0.5, 0.6) is 0 Å². The Morgan fingerprint density at radius 1 is 1.24 bits per heavy atom. The molecule has 2 heterocycles. The van der Waals surface area contributed by atoms with Crippen molar-refractivity contribution in [3.05, 3.63) is 47.8 Å². The molecule has 0 unspecified atom stereocenters. The summed E-state index contributed by atoms with van der Waals surface area (Å²) in [5.41, 5.74) is 1.62. The number of aryl methyl sites for hydroxylation is 2. The van der Waals surface area contributed by atoms with E-state index >= 15 is 0 Å². The smallest absolute Gasteiger partial charge is 0.243 e. The minimum atomic E-state index is -3.57. The van der Waals surface area contributed by atoms with E-state index in [4.69, 9.17) is 4.74 Å². The molecule has 0 amide bonds. The molecule has 1 fully saturated rings. The van der Waals surface area contributed by atoms with Gasteiger partial charge in [-0.2, -0.15) is 5.10 Å². The van der Waals surface area contributed by atoms with Crippen LogP contribution < -0.4 is 4.72 Å². The Balaban J connectivity index is 1.74. The molecule has 0 aliphatic carbocycles. The highest BCUT2D eigenvalue weighted by molar-refractivity contribution is 7.89. The molecule has 1 aliphatic rings. The number of benzene rings is 1. The Labute approximate surface area is 174 Å². The molecule has 0 saturated carbocycles. The second-order valence-corrected chi connectivity index (χ2v) is 10.5. The van der Waals surface area contributed by atoms with Crippen LogP contribution in [0.25, 0.3) is 0 Å². The van der Waals surface area contributed by atoms with E-state index < -0.39 is 10.0 Å². The normalized spacial score (nSPS) is 21.9. The van der Waals surface area contributed by atoms with Crippen molar-refractivity contribution in [2.75, 3.05) is 13.2 Å². The molecule has 3 rings (SSSR count). The first-order chi connectivity index (χ1) is 13.6. The molecular formula is C22H33N3O3S. The van der Waals surface area contributed by atoms with Crippen molar-refractivity contribution in [2.24, 2.45) is 5.41 Å². The molecule has 1 N–H and O–H groups in total. The predicted octanol–water partition coefficient (Wildman–Crippen LogP) is 3.70. The van der Waals surface area contributed by atoms with Crippen molar-refractivity contribution in [1.29, 1.82) is 0 Å². The van der Waals surface area contributed by atoms with Crippen molar-refractivity contribution in [3.8, 4) is 0 Å². The summed E-state index contributed by atoms with van der Waals surface area (Å²) in [6, 6.07) is 10.4. The van der Waals surface area contributed by atoms with Gasteiger partial charge in [0.1, 0.15) is 4.90 Å². The number of hydrogen-bond acceptors (Lipinski definition) is 4. The van der Waals surface area contributed by atoms with Gasteiger partial charge in [0.2, 0.25) is 10.0 Å². The second-order valence-electron chi connectivity index (χ2n) is 8.78. The third-order valence-electron chi connectivity index (χ3n) is 5.81. The molecule has 2 aromatic rings. The number of ether oxygens (including phenoxy) is 1. The van der Waals surface area contributed by atoms with E-state index in [1.54, 1.807) is 17.8 Å². The molecule has 1 aromatic heterocycles. The van der Waals surface area contributed by atoms with Crippen LogP contribution in [0.4, 0.5) is 0 Å². The molecule has 7 heteroatoms.